The molecule has 2 unspecified atom stereocenters. The lowest BCUT2D eigenvalue weighted by atomic mass is 10.2. The first-order valence-corrected chi connectivity index (χ1v) is 7.33. The third-order valence-corrected chi connectivity index (χ3v) is 3.32. The van der Waals surface area contributed by atoms with Crippen molar-refractivity contribution in [3.63, 3.8) is 0 Å². The monoisotopic (exact) mass is 312 g/mol. The lowest BCUT2D eigenvalue weighted by molar-refractivity contribution is 0.0522. The van der Waals surface area contributed by atoms with Crippen LogP contribution in [-0.4, -0.2) is 28.9 Å². The maximum Gasteiger partial charge on any atom is 0.407 e. The summed E-state index contributed by atoms with van der Waals surface area (Å²) in [4.78, 5) is 11.6. The van der Waals surface area contributed by atoms with Gasteiger partial charge in [-0.3, -0.25) is 0 Å². The summed E-state index contributed by atoms with van der Waals surface area (Å²) in [6.45, 7) is 5.99. The summed E-state index contributed by atoms with van der Waals surface area (Å²) in [5, 5.41) is 16.4. The van der Waals surface area contributed by atoms with Gasteiger partial charge in [-0.2, -0.15) is 0 Å². The first-order chi connectivity index (χ1) is 9.74. The number of phenols is 1. The number of aromatic hydroxyl groups is 1. The first-order valence-electron chi connectivity index (χ1n) is 6.95. The zero-order valence-corrected chi connectivity index (χ0v) is 13.2. The van der Waals surface area contributed by atoms with Crippen LogP contribution in [0.2, 0.25) is 5.02 Å². The number of ether oxygens (including phenoxy) is 1. The van der Waals surface area contributed by atoms with Crippen molar-refractivity contribution in [2.45, 2.75) is 51.4 Å². The fraction of sp³-hybridized carbons (Fsp3) is 0.533. The van der Waals surface area contributed by atoms with Crippen molar-refractivity contribution in [3.05, 3.63) is 28.8 Å². The molecule has 116 valence electrons. The lowest BCUT2D eigenvalue weighted by Gasteiger charge is -2.19. The van der Waals surface area contributed by atoms with Gasteiger partial charge in [-0.1, -0.05) is 11.6 Å². The lowest BCUT2D eigenvalue weighted by Crippen LogP contribution is -2.36. The van der Waals surface area contributed by atoms with Crippen LogP contribution in [0.25, 0.3) is 0 Å². The predicted molar refractivity (Wildman–Crippen MR) is 81.5 cm³/mol. The summed E-state index contributed by atoms with van der Waals surface area (Å²) in [5.74, 6) is 0.212. The minimum Gasteiger partial charge on any atom is -0.508 e. The van der Waals surface area contributed by atoms with Crippen molar-refractivity contribution >= 4 is 17.7 Å². The molecule has 1 aliphatic carbocycles. The molecule has 21 heavy (non-hydrogen) atoms. The Morgan fingerprint density at radius 2 is 2.14 bits per heavy atom. The van der Waals surface area contributed by atoms with E-state index in [0.29, 0.717) is 11.6 Å². The van der Waals surface area contributed by atoms with Crippen LogP contribution in [0.15, 0.2) is 18.2 Å². The Hall–Kier alpha value is -1.46. The summed E-state index contributed by atoms with van der Waals surface area (Å²) in [7, 11) is 0. The zero-order valence-electron chi connectivity index (χ0n) is 12.4. The average Bonchev–Trinajstić information content (AvgIpc) is 3.06. The molecule has 0 aliphatic heterocycles. The smallest absolute Gasteiger partial charge is 0.407 e. The molecule has 0 heterocycles. The average molecular weight is 313 g/mol. The van der Waals surface area contributed by atoms with Gasteiger partial charge < -0.3 is 20.5 Å². The molecule has 3 N–H and O–H groups in total. The van der Waals surface area contributed by atoms with Crippen molar-refractivity contribution in [3.8, 4) is 5.75 Å². The molecule has 0 aromatic heterocycles. The van der Waals surface area contributed by atoms with Crippen LogP contribution in [0.3, 0.4) is 0 Å². The molecule has 1 aromatic rings. The molecule has 0 spiro atoms. The van der Waals surface area contributed by atoms with E-state index in [1.807, 2.05) is 20.8 Å². The number of hydrogen-bond donors (Lipinski definition) is 3. The summed E-state index contributed by atoms with van der Waals surface area (Å²) < 4.78 is 5.20. The molecule has 1 aromatic carbocycles. The molecule has 1 amide bonds. The Balaban J connectivity index is 1.75. The van der Waals surface area contributed by atoms with E-state index in [2.05, 4.69) is 10.6 Å². The highest BCUT2D eigenvalue weighted by atomic mass is 35.5. The number of carbonyl (C=O) groups excluding carboxylic acids is 1. The normalized spacial score (nSPS) is 21.0. The van der Waals surface area contributed by atoms with E-state index in [1.165, 1.54) is 0 Å². The molecule has 5 nitrogen and oxygen atoms in total. The number of alkyl carbamates (subject to hydrolysis) is 1. The van der Waals surface area contributed by atoms with Crippen molar-refractivity contribution in [2.75, 3.05) is 0 Å². The minimum absolute atomic E-state index is 0.0705. The Kier molecular flexibility index (Phi) is 4.64. The number of phenolic OH excluding ortho intramolecular Hbond substituents is 1. The minimum atomic E-state index is -0.492. The van der Waals surface area contributed by atoms with Crippen molar-refractivity contribution in [1.29, 1.82) is 0 Å². The summed E-state index contributed by atoms with van der Waals surface area (Å²) in [6.07, 6.45) is 0.447. The second-order valence-corrected chi connectivity index (χ2v) is 6.69. The largest absolute Gasteiger partial charge is 0.508 e. The van der Waals surface area contributed by atoms with Gasteiger partial charge in [-0.15, -0.1) is 0 Å². The van der Waals surface area contributed by atoms with Gasteiger partial charge in [0.15, 0.2) is 0 Å². The van der Waals surface area contributed by atoms with Crippen LogP contribution in [0.5, 0.6) is 5.75 Å². The number of halogens is 1. The third kappa shape index (κ3) is 5.10. The molecule has 0 saturated heterocycles. The van der Waals surface area contributed by atoms with E-state index in [4.69, 9.17) is 16.3 Å². The van der Waals surface area contributed by atoms with Gasteiger partial charge in [0.25, 0.3) is 0 Å². The number of benzene rings is 1. The molecule has 1 fully saturated rings. The van der Waals surface area contributed by atoms with Crippen molar-refractivity contribution in [1.82, 2.24) is 10.6 Å². The van der Waals surface area contributed by atoms with Gasteiger partial charge in [0, 0.05) is 29.2 Å². The highest BCUT2D eigenvalue weighted by Gasteiger charge is 2.38. The van der Waals surface area contributed by atoms with Crippen molar-refractivity contribution < 1.29 is 14.6 Å². The first kappa shape index (κ1) is 15.9. The number of hydrogen-bond acceptors (Lipinski definition) is 4. The highest BCUT2D eigenvalue weighted by molar-refractivity contribution is 6.30. The van der Waals surface area contributed by atoms with Gasteiger partial charge >= 0.3 is 6.09 Å². The molecule has 1 aliphatic rings. The second-order valence-electron chi connectivity index (χ2n) is 6.25. The maximum atomic E-state index is 11.6. The topological polar surface area (TPSA) is 70.6 Å². The molecule has 1 saturated carbocycles. The Morgan fingerprint density at radius 1 is 1.43 bits per heavy atom. The fourth-order valence-electron chi connectivity index (χ4n) is 1.98. The molecule has 2 atom stereocenters. The van der Waals surface area contributed by atoms with E-state index >= 15 is 0 Å². The SMILES string of the molecule is CC(C)(C)OC(=O)NC1CC1NCc1cc(Cl)ccc1O. The van der Waals surface area contributed by atoms with E-state index in [9.17, 15) is 9.90 Å². The number of amides is 1. The highest BCUT2D eigenvalue weighted by Crippen LogP contribution is 2.25. The predicted octanol–water partition coefficient (Wildman–Crippen LogP) is 2.80. The van der Waals surface area contributed by atoms with Gasteiger partial charge in [-0.05, 0) is 45.4 Å². The summed E-state index contributed by atoms with van der Waals surface area (Å²) in [5.41, 5.74) is 0.250. The Bertz CT molecular complexity index is 528. The Labute approximate surface area is 129 Å². The third-order valence-electron chi connectivity index (χ3n) is 3.09. The summed E-state index contributed by atoms with van der Waals surface area (Å²) in [6, 6.07) is 5.20. The molecular weight excluding hydrogens is 292 g/mol. The van der Waals surface area contributed by atoms with Crippen LogP contribution in [0, 0.1) is 0 Å². The second kappa shape index (κ2) is 6.12. The van der Waals surface area contributed by atoms with E-state index in [0.717, 1.165) is 12.0 Å². The van der Waals surface area contributed by atoms with Crippen LogP contribution in [0.4, 0.5) is 4.79 Å². The van der Waals surface area contributed by atoms with Gasteiger partial charge in [-0.25, -0.2) is 4.79 Å². The van der Waals surface area contributed by atoms with Crippen LogP contribution < -0.4 is 10.6 Å². The van der Waals surface area contributed by atoms with Gasteiger partial charge in [0.2, 0.25) is 0 Å². The molecule has 2 rings (SSSR count). The molecule has 6 heteroatoms. The van der Waals surface area contributed by atoms with Gasteiger partial charge in [0.05, 0.1) is 0 Å². The van der Waals surface area contributed by atoms with Crippen LogP contribution in [0.1, 0.15) is 32.8 Å². The Morgan fingerprint density at radius 3 is 2.81 bits per heavy atom. The molecule has 0 radical (unpaired) electrons. The standard InChI is InChI=1S/C15H21ClN2O3/c1-15(2,3)21-14(20)18-12-7-11(12)17-8-9-6-10(16)4-5-13(9)19/h4-6,11-12,17,19H,7-8H2,1-3H3,(H,18,20). The quantitative estimate of drug-likeness (QED) is 0.799. The van der Waals surface area contributed by atoms with Crippen LogP contribution in [-0.2, 0) is 11.3 Å². The van der Waals surface area contributed by atoms with Crippen LogP contribution >= 0.6 is 11.6 Å². The van der Waals surface area contributed by atoms with E-state index in [-0.39, 0.29) is 17.8 Å². The summed E-state index contributed by atoms with van der Waals surface area (Å²) >= 11 is 5.89. The number of carbonyl (C=O) groups is 1. The van der Waals surface area contributed by atoms with E-state index < -0.39 is 11.7 Å². The van der Waals surface area contributed by atoms with Gasteiger partial charge in [0.1, 0.15) is 11.4 Å². The van der Waals surface area contributed by atoms with E-state index in [1.54, 1.807) is 18.2 Å². The zero-order chi connectivity index (χ0) is 15.6. The van der Waals surface area contributed by atoms with Crippen molar-refractivity contribution in [2.24, 2.45) is 0 Å². The number of rotatable bonds is 4. The number of nitrogens with one attached hydrogen (secondary N) is 2. The molecule has 0 bridgehead atoms. The molecular formula is C15H21ClN2O3. The maximum absolute atomic E-state index is 11.6. The fourth-order valence-corrected chi connectivity index (χ4v) is 2.17.